The lowest BCUT2D eigenvalue weighted by Crippen LogP contribution is -2.24. The number of amides is 1. The highest BCUT2D eigenvalue weighted by molar-refractivity contribution is 5.84. The van der Waals surface area contributed by atoms with Gasteiger partial charge in [0.25, 0.3) is 5.91 Å². The minimum atomic E-state index is -0.310. The first-order valence-electron chi connectivity index (χ1n) is 8.24. The van der Waals surface area contributed by atoms with E-state index in [1.807, 2.05) is 45.2 Å². The first-order chi connectivity index (χ1) is 11.7. The highest BCUT2D eigenvalue weighted by Crippen LogP contribution is 2.24. The Bertz CT molecular complexity index is 768. The minimum Gasteiger partial charge on any atom is -0.484 e. The minimum absolute atomic E-state index is 0.0861. The number of hydrazone groups is 1. The zero-order valence-corrected chi connectivity index (χ0v) is 15.8. The topological polar surface area (TPSA) is 68.5 Å². The fourth-order valence-electron chi connectivity index (χ4n) is 2.38. The fraction of sp³-hybridized carbons (Fsp3) is 0.421. The Morgan fingerprint density at radius 1 is 1.28 bits per heavy atom. The van der Waals surface area contributed by atoms with Crippen molar-refractivity contribution in [1.29, 1.82) is 0 Å². The standard InChI is InChI=1S/C19H26N4O2/c1-13-17(14(2)23(6)22-13)11-20-21-18(24)12-25-16-9-7-15(8-10-16)19(3,4)5/h7-11H,12H2,1-6H3,(H,21,24)/b20-11-. The maximum atomic E-state index is 11.8. The number of benzene rings is 1. The van der Waals surface area contributed by atoms with Gasteiger partial charge >= 0.3 is 0 Å². The highest BCUT2D eigenvalue weighted by Gasteiger charge is 2.13. The molecule has 0 aliphatic carbocycles. The molecule has 2 rings (SSSR count). The number of nitrogens with zero attached hydrogens (tertiary/aromatic N) is 3. The molecule has 6 nitrogen and oxygen atoms in total. The zero-order valence-electron chi connectivity index (χ0n) is 15.8. The van der Waals surface area contributed by atoms with E-state index in [4.69, 9.17) is 4.74 Å². The van der Waals surface area contributed by atoms with Crippen LogP contribution in [0.3, 0.4) is 0 Å². The van der Waals surface area contributed by atoms with Gasteiger partial charge in [0.15, 0.2) is 6.61 Å². The lowest BCUT2D eigenvalue weighted by Gasteiger charge is -2.19. The van der Waals surface area contributed by atoms with Gasteiger partial charge in [-0.15, -0.1) is 0 Å². The molecule has 1 aromatic heterocycles. The molecule has 0 saturated carbocycles. The smallest absolute Gasteiger partial charge is 0.277 e. The monoisotopic (exact) mass is 342 g/mol. The second kappa shape index (κ2) is 7.51. The summed E-state index contributed by atoms with van der Waals surface area (Å²) in [5.41, 5.74) is 6.54. The number of hydrogen-bond donors (Lipinski definition) is 1. The molecule has 1 amide bonds. The molecule has 1 N–H and O–H groups in total. The molecule has 0 radical (unpaired) electrons. The summed E-state index contributed by atoms with van der Waals surface area (Å²) < 4.78 is 7.27. The molecular formula is C19H26N4O2. The van der Waals surface area contributed by atoms with Gasteiger partial charge in [-0.1, -0.05) is 32.9 Å². The van der Waals surface area contributed by atoms with Crippen LogP contribution in [0.25, 0.3) is 0 Å². The van der Waals surface area contributed by atoms with Crippen molar-refractivity contribution in [3.8, 4) is 5.75 Å². The van der Waals surface area contributed by atoms with Crippen LogP contribution in [0, 0.1) is 13.8 Å². The summed E-state index contributed by atoms with van der Waals surface area (Å²) in [7, 11) is 1.87. The van der Waals surface area contributed by atoms with Gasteiger partial charge in [-0.25, -0.2) is 5.43 Å². The molecule has 0 spiro atoms. The normalized spacial score (nSPS) is 11.8. The molecule has 1 aromatic carbocycles. The van der Waals surface area contributed by atoms with Crippen molar-refractivity contribution >= 4 is 12.1 Å². The highest BCUT2D eigenvalue weighted by atomic mass is 16.5. The molecule has 6 heteroatoms. The molecule has 0 aliphatic rings. The van der Waals surface area contributed by atoms with Crippen molar-refractivity contribution in [2.45, 2.75) is 40.0 Å². The predicted molar refractivity (Wildman–Crippen MR) is 99.1 cm³/mol. The van der Waals surface area contributed by atoms with E-state index in [-0.39, 0.29) is 17.9 Å². The van der Waals surface area contributed by atoms with E-state index in [0.717, 1.165) is 17.0 Å². The average molecular weight is 342 g/mol. The van der Waals surface area contributed by atoms with Crippen LogP contribution in [0.2, 0.25) is 0 Å². The van der Waals surface area contributed by atoms with Crippen LogP contribution in [0.1, 0.15) is 43.3 Å². The Hall–Kier alpha value is -2.63. The molecule has 0 fully saturated rings. The van der Waals surface area contributed by atoms with Crippen molar-refractivity contribution in [3.63, 3.8) is 0 Å². The Morgan fingerprint density at radius 2 is 1.92 bits per heavy atom. The Balaban J connectivity index is 1.85. The number of nitrogens with one attached hydrogen (secondary N) is 1. The van der Waals surface area contributed by atoms with Crippen LogP contribution in [0.15, 0.2) is 29.4 Å². The van der Waals surface area contributed by atoms with Gasteiger partial charge in [-0.05, 0) is 37.0 Å². The zero-order chi connectivity index (χ0) is 18.6. The molecule has 0 bridgehead atoms. The van der Waals surface area contributed by atoms with Crippen molar-refractivity contribution in [1.82, 2.24) is 15.2 Å². The maximum Gasteiger partial charge on any atom is 0.277 e. The molecule has 1 heterocycles. The van der Waals surface area contributed by atoms with Crippen LogP contribution < -0.4 is 10.2 Å². The summed E-state index contributed by atoms with van der Waals surface area (Å²) in [6, 6.07) is 7.78. The second-order valence-electron chi connectivity index (χ2n) is 7.06. The summed E-state index contributed by atoms with van der Waals surface area (Å²) in [6.45, 7) is 10.2. The third-order valence-corrected chi connectivity index (χ3v) is 4.04. The first-order valence-corrected chi connectivity index (χ1v) is 8.24. The van der Waals surface area contributed by atoms with E-state index in [2.05, 4.69) is 36.4 Å². The molecule has 134 valence electrons. The molecular weight excluding hydrogens is 316 g/mol. The molecule has 0 unspecified atom stereocenters. The second-order valence-corrected chi connectivity index (χ2v) is 7.06. The fourth-order valence-corrected chi connectivity index (χ4v) is 2.38. The number of hydrogen-bond acceptors (Lipinski definition) is 4. The average Bonchev–Trinajstić information content (AvgIpc) is 2.78. The third-order valence-electron chi connectivity index (χ3n) is 4.04. The van der Waals surface area contributed by atoms with Crippen molar-refractivity contribution in [2.24, 2.45) is 12.1 Å². The lowest BCUT2D eigenvalue weighted by atomic mass is 9.87. The summed E-state index contributed by atoms with van der Waals surface area (Å²) >= 11 is 0. The van der Waals surface area contributed by atoms with Crippen LogP contribution in [-0.2, 0) is 17.3 Å². The molecule has 25 heavy (non-hydrogen) atoms. The maximum absolute atomic E-state index is 11.8. The Labute approximate surface area is 148 Å². The van der Waals surface area contributed by atoms with Gasteiger partial charge in [0.1, 0.15) is 5.75 Å². The molecule has 0 aliphatic heterocycles. The van der Waals surface area contributed by atoms with Gasteiger partial charge < -0.3 is 4.74 Å². The van der Waals surface area contributed by atoms with E-state index < -0.39 is 0 Å². The van der Waals surface area contributed by atoms with Gasteiger partial charge in [0.05, 0.1) is 11.9 Å². The molecule has 0 saturated heterocycles. The number of ether oxygens (including phenoxy) is 1. The number of aromatic nitrogens is 2. The lowest BCUT2D eigenvalue weighted by molar-refractivity contribution is -0.123. The largest absolute Gasteiger partial charge is 0.484 e. The summed E-state index contributed by atoms with van der Waals surface area (Å²) in [5.74, 6) is 0.349. The quantitative estimate of drug-likeness (QED) is 0.671. The van der Waals surface area contributed by atoms with E-state index in [9.17, 15) is 4.79 Å². The van der Waals surface area contributed by atoms with E-state index >= 15 is 0 Å². The van der Waals surface area contributed by atoms with Gasteiger partial charge in [0.2, 0.25) is 0 Å². The number of carbonyl (C=O) groups excluding carboxylic acids is 1. The summed E-state index contributed by atoms with van der Waals surface area (Å²) in [6.07, 6.45) is 1.60. The van der Waals surface area contributed by atoms with Crippen LogP contribution >= 0.6 is 0 Å². The predicted octanol–water partition coefficient (Wildman–Crippen LogP) is 2.86. The van der Waals surface area contributed by atoms with E-state index in [0.29, 0.717) is 5.75 Å². The Kier molecular flexibility index (Phi) is 5.62. The van der Waals surface area contributed by atoms with Crippen LogP contribution in [0.5, 0.6) is 5.75 Å². The van der Waals surface area contributed by atoms with Crippen LogP contribution in [0.4, 0.5) is 0 Å². The van der Waals surface area contributed by atoms with E-state index in [1.54, 1.807) is 10.9 Å². The third kappa shape index (κ3) is 4.92. The molecule has 0 atom stereocenters. The summed E-state index contributed by atoms with van der Waals surface area (Å²) in [5, 5.41) is 8.27. The SMILES string of the molecule is Cc1nn(C)c(C)c1/C=N\NC(=O)COc1ccc(C(C)(C)C)cc1. The van der Waals surface area contributed by atoms with Gasteiger partial charge in [-0.2, -0.15) is 10.2 Å². The van der Waals surface area contributed by atoms with Crippen molar-refractivity contribution in [2.75, 3.05) is 6.61 Å². The Morgan fingerprint density at radius 3 is 2.44 bits per heavy atom. The van der Waals surface area contributed by atoms with Gasteiger partial charge in [-0.3, -0.25) is 9.48 Å². The number of aryl methyl sites for hydroxylation is 2. The molecule has 2 aromatic rings. The summed E-state index contributed by atoms with van der Waals surface area (Å²) in [4.78, 5) is 11.8. The first kappa shape index (κ1) is 18.7. The van der Waals surface area contributed by atoms with Crippen LogP contribution in [-0.4, -0.2) is 28.5 Å². The van der Waals surface area contributed by atoms with Crippen molar-refractivity contribution < 1.29 is 9.53 Å². The number of rotatable bonds is 5. The van der Waals surface area contributed by atoms with Gasteiger partial charge in [0, 0.05) is 18.3 Å². The van der Waals surface area contributed by atoms with Crippen molar-refractivity contribution in [3.05, 3.63) is 46.8 Å². The van der Waals surface area contributed by atoms with E-state index in [1.165, 1.54) is 5.56 Å². The number of carbonyl (C=O) groups is 1.